The number of ether oxygens (including phenoxy) is 2. The Balaban J connectivity index is 1.84. The molecule has 0 bridgehead atoms. The third-order valence-electron chi connectivity index (χ3n) is 2.93. The number of aryl methyl sites for hydroxylation is 2. The van der Waals surface area contributed by atoms with E-state index in [0.29, 0.717) is 6.61 Å². The Morgan fingerprint density at radius 1 is 1.22 bits per heavy atom. The van der Waals surface area contributed by atoms with Crippen molar-refractivity contribution in [2.24, 2.45) is 0 Å². The molecule has 96 valence electrons. The van der Waals surface area contributed by atoms with Crippen LogP contribution in [-0.4, -0.2) is 19.5 Å². The van der Waals surface area contributed by atoms with E-state index in [4.69, 9.17) is 9.47 Å². The molecule has 1 fully saturated rings. The maximum absolute atomic E-state index is 5.57. The van der Waals surface area contributed by atoms with Crippen LogP contribution in [0.1, 0.15) is 36.0 Å². The molecule has 2 rings (SSSR count). The van der Waals surface area contributed by atoms with E-state index in [2.05, 4.69) is 43.9 Å². The summed E-state index contributed by atoms with van der Waals surface area (Å²) in [7, 11) is 0. The van der Waals surface area contributed by atoms with Crippen molar-refractivity contribution in [3.63, 3.8) is 0 Å². The fourth-order valence-electron chi connectivity index (χ4n) is 2.16. The molecule has 2 nitrogen and oxygen atoms in total. The van der Waals surface area contributed by atoms with Gasteiger partial charge >= 0.3 is 0 Å². The van der Waals surface area contributed by atoms with Crippen molar-refractivity contribution in [2.75, 3.05) is 13.2 Å². The summed E-state index contributed by atoms with van der Waals surface area (Å²) in [5.41, 5.74) is 3.55. The summed E-state index contributed by atoms with van der Waals surface area (Å²) in [5.74, 6) is 6.19. The lowest BCUT2D eigenvalue weighted by molar-refractivity contribution is -0.154. The van der Waals surface area contributed by atoms with Gasteiger partial charge in [-0.1, -0.05) is 17.9 Å². The zero-order valence-corrected chi connectivity index (χ0v) is 11.2. The highest BCUT2D eigenvalue weighted by Gasteiger charge is 2.12. The highest BCUT2D eigenvalue weighted by Crippen LogP contribution is 2.13. The quantitative estimate of drug-likeness (QED) is 0.744. The molecule has 0 spiro atoms. The Morgan fingerprint density at radius 2 is 2.00 bits per heavy atom. The molecule has 1 unspecified atom stereocenters. The predicted molar refractivity (Wildman–Crippen MR) is 72.3 cm³/mol. The van der Waals surface area contributed by atoms with Gasteiger partial charge in [-0.2, -0.15) is 0 Å². The molecule has 0 saturated carbocycles. The lowest BCUT2D eigenvalue weighted by Gasteiger charge is -2.21. The Labute approximate surface area is 109 Å². The molecular formula is C16H20O2. The third-order valence-corrected chi connectivity index (χ3v) is 2.93. The van der Waals surface area contributed by atoms with Gasteiger partial charge in [-0.3, -0.25) is 0 Å². The van der Waals surface area contributed by atoms with Crippen LogP contribution in [0, 0.1) is 25.7 Å². The molecule has 1 heterocycles. The van der Waals surface area contributed by atoms with Crippen molar-refractivity contribution < 1.29 is 9.47 Å². The third kappa shape index (κ3) is 4.18. The van der Waals surface area contributed by atoms with E-state index in [1.807, 2.05) is 0 Å². The van der Waals surface area contributed by atoms with Crippen molar-refractivity contribution in [1.29, 1.82) is 0 Å². The van der Waals surface area contributed by atoms with Crippen molar-refractivity contribution >= 4 is 0 Å². The smallest absolute Gasteiger partial charge is 0.158 e. The summed E-state index contributed by atoms with van der Waals surface area (Å²) in [6.45, 7) is 5.43. The highest BCUT2D eigenvalue weighted by atomic mass is 16.7. The monoisotopic (exact) mass is 244 g/mol. The fraction of sp³-hybridized carbons (Fsp3) is 0.500. The zero-order chi connectivity index (χ0) is 12.8. The maximum Gasteiger partial charge on any atom is 0.158 e. The van der Waals surface area contributed by atoms with Gasteiger partial charge in [-0.15, -0.1) is 0 Å². The van der Waals surface area contributed by atoms with Gasteiger partial charge < -0.3 is 9.47 Å². The van der Waals surface area contributed by atoms with Crippen LogP contribution in [0.3, 0.4) is 0 Å². The number of hydrogen-bond acceptors (Lipinski definition) is 2. The molecule has 0 radical (unpaired) electrons. The van der Waals surface area contributed by atoms with Gasteiger partial charge in [-0.05, 0) is 56.4 Å². The van der Waals surface area contributed by atoms with Gasteiger partial charge in [0, 0.05) is 12.2 Å². The molecule has 1 atom stereocenters. The first kappa shape index (κ1) is 13.1. The number of benzene rings is 1. The van der Waals surface area contributed by atoms with E-state index < -0.39 is 0 Å². The first-order valence-corrected chi connectivity index (χ1v) is 6.54. The lowest BCUT2D eigenvalue weighted by atomic mass is 10.1. The molecule has 18 heavy (non-hydrogen) atoms. The van der Waals surface area contributed by atoms with Gasteiger partial charge in [0.2, 0.25) is 0 Å². The van der Waals surface area contributed by atoms with Crippen LogP contribution in [0.4, 0.5) is 0 Å². The molecule has 1 aromatic rings. The first-order chi connectivity index (χ1) is 8.74. The standard InChI is InChI=1S/C16H20O2/c1-13-10-14(2)12-15(11-13)6-5-9-18-16-7-3-4-8-17-16/h10-12,16H,3-4,7-9H2,1-2H3. The summed E-state index contributed by atoms with van der Waals surface area (Å²) in [5, 5.41) is 0. The van der Waals surface area contributed by atoms with Gasteiger partial charge in [0.25, 0.3) is 0 Å². The Kier molecular flexibility index (Phi) is 4.81. The Bertz CT molecular complexity index is 428. The highest BCUT2D eigenvalue weighted by molar-refractivity contribution is 5.39. The van der Waals surface area contributed by atoms with E-state index in [-0.39, 0.29) is 6.29 Å². The van der Waals surface area contributed by atoms with Crippen molar-refractivity contribution in [3.05, 3.63) is 34.9 Å². The molecule has 1 aliphatic heterocycles. The predicted octanol–water partition coefficient (Wildman–Crippen LogP) is 3.20. The largest absolute Gasteiger partial charge is 0.353 e. The topological polar surface area (TPSA) is 18.5 Å². The second kappa shape index (κ2) is 6.58. The van der Waals surface area contributed by atoms with E-state index in [1.165, 1.54) is 17.5 Å². The van der Waals surface area contributed by atoms with Crippen LogP contribution in [0.25, 0.3) is 0 Å². The lowest BCUT2D eigenvalue weighted by Crippen LogP contribution is -2.22. The molecule has 1 aromatic carbocycles. The van der Waals surface area contributed by atoms with E-state index >= 15 is 0 Å². The van der Waals surface area contributed by atoms with Gasteiger partial charge in [-0.25, -0.2) is 0 Å². The second-order valence-corrected chi connectivity index (χ2v) is 4.79. The molecule has 1 saturated heterocycles. The van der Waals surface area contributed by atoms with Crippen LogP contribution < -0.4 is 0 Å². The van der Waals surface area contributed by atoms with Gasteiger partial charge in [0.15, 0.2) is 6.29 Å². The summed E-state index contributed by atoms with van der Waals surface area (Å²) in [4.78, 5) is 0. The SMILES string of the molecule is Cc1cc(C)cc(C#CCOC2CCCCO2)c1. The summed E-state index contributed by atoms with van der Waals surface area (Å²) >= 11 is 0. The minimum Gasteiger partial charge on any atom is -0.353 e. The fourth-order valence-corrected chi connectivity index (χ4v) is 2.16. The average molecular weight is 244 g/mol. The van der Waals surface area contributed by atoms with Crippen LogP contribution in [0.5, 0.6) is 0 Å². The minimum absolute atomic E-state index is 0.0488. The zero-order valence-electron chi connectivity index (χ0n) is 11.2. The first-order valence-electron chi connectivity index (χ1n) is 6.54. The van der Waals surface area contributed by atoms with E-state index in [0.717, 1.165) is 25.0 Å². The van der Waals surface area contributed by atoms with Crippen LogP contribution >= 0.6 is 0 Å². The molecule has 0 amide bonds. The van der Waals surface area contributed by atoms with Crippen LogP contribution in [-0.2, 0) is 9.47 Å². The Morgan fingerprint density at radius 3 is 2.67 bits per heavy atom. The molecule has 0 aromatic heterocycles. The molecule has 0 N–H and O–H groups in total. The van der Waals surface area contributed by atoms with E-state index in [9.17, 15) is 0 Å². The van der Waals surface area contributed by atoms with Gasteiger partial charge in [0.1, 0.15) is 6.61 Å². The average Bonchev–Trinajstić information content (AvgIpc) is 2.35. The summed E-state index contributed by atoms with van der Waals surface area (Å²) in [6.07, 6.45) is 3.28. The van der Waals surface area contributed by atoms with Gasteiger partial charge in [0.05, 0.1) is 0 Å². The molecule has 0 aliphatic carbocycles. The van der Waals surface area contributed by atoms with Crippen molar-refractivity contribution in [2.45, 2.75) is 39.4 Å². The van der Waals surface area contributed by atoms with Crippen LogP contribution in [0.2, 0.25) is 0 Å². The normalized spacial score (nSPS) is 19.1. The molecule has 2 heteroatoms. The summed E-state index contributed by atoms with van der Waals surface area (Å²) < 4.78 is 11.0. The molecular weight excluding hydrogens is 224 g/mol. The Hall–Kier alpha value is -1.30. The minimum atomic E-state index is -0.0488. The van der Waals surface area contributed by atoms with Crippen molar-refractivity contribution in [3.8, 4) is 11.8 Å². The molecule has 1 aliphatic rings. The second-order valence-electron chi connectivity index (χ2n) is 4.79. The van der Waals surface area contributed by atoms with E-state index in [1.54, 1.807) is 0 Å². The summed E-state index contributed by atoms with van der Waals surface area (Å²) in [6, 6.07) is 6.34. The van der Waals surface area contributed by atoms with Crippen LogP contribution in [0.15, 0.2) is 18.2 Å². The number of hydrogen-bond donors (Lipinski definition) is 0. The number of rotatable bonds is 2. The van der Waals surface area contributed by atoms with Crippen molar-refractivity contribution in [1.82, 2.24) is 0 Å². The maximum atomic E-state index is 5.57.